The number of carbonyl (C=O) groups excluding carboxylic acids is 1. The monoisotopic (exact) mass is 511 g/mol. The molecule has 1 saturated carbocycles. The Morgan fingerprint density at radius 3 is 2.89 bits per heavy atom. The summed E-state index contributed by atoms with van der Waals surface area (Å²) >= 11 is 0. The van der Waals surface area contributed by atoms with Crippen LogP contribution in [-0.4, -0.2) is 67.2 Å². The van der Waals surface area contributed by atoms with E-state index in [2.05, 4.69) is 22.5 Å². The van der Waals surface area contributed by atoms with Crippen molar-refractivity contribution < 1.29 is 24.6 Å². The Hall–Kier alpha value is -2.98. The number of fused-ring (bicyclic) bond motifs is 2. The summed E-state index contributed by atoms with van der Waals surface area (Å²) in [6, 6.07) is 3.04. The Bertz CT molecular complexity index is 1130. The first-order valence-electron chi connectivity index (χ1n) is 13.5. The fourth-order valence-electron chi connectivity index (χ4n) is 5.90. The number of hydroxylamine groups is 2. The van der Waals surface area contributed by atoms with Crippen LogP contribution in [0.4, 0.5) is 5.82 Å². The lowest BCUT2D eigenvalue weighted by Crippen LogP contribution is -2.54. The van der Waals surface area contributed by atoms with Crippen LogP contribution < -0.4 is 5.32 Å². The lowest BCUT2D eigenvalue weighted by Gasteiger charge is -2.44. The summed E-state index contributed by atoms with van der Waals surface area (Å²) < 4.78 is 1.79. The number of hydrogen-bond donors (Lipinski definition) is 3. The topological polar surface area (TPSA) is 130 Å². The summed E-state index contributed by atoms with van der Waals surface area (Å²) in [6.45, 7) is 0.673. The van der Waals surface area contributed by atoms with E-state index in [4.69, 9.17) is 9.82 Å². The maximum Gasteiger partial charge on any atom is 0.328 e. The Morgan fingerprint density at radius 2 is 2.11 bits per heavy atom. The van der Waals surface area contributed by atoms with Gasteiger partial charge in [0, 0.05) is 44.0 Å². The average molecular weight is 512 g/mol. The highest BCUT2D eigenvalue weighted by Crippen LogP contribution is 2.37. The number of carbonyl (C=O) groups is 2. The van der Waals surface area contributed by atoms with Gasteiger partial charge in [0.15, 0.2) is 0 Å². The first kappa shape index (κ1) is 25.7. The smallest absolute Gasteiger partial charge is 0.328 e. The van der Waals surface area contributed by atoms with E-state index in [1.54, 1.807) is 4.68 Å². The second-order valence-electron chi connectivity index (χ2n) is 10.7. The highest BCUT2D eigenvalue weighted by atomic mass is 16.7. The van der Waals surface area contributed by atoms with Gasteiger partial charge in [-0.3, -0.25) is 14.3 Å². The molecule has 200 valence electrons. The van der Waals surface area contributed by atoms with Crippen LogP contribution in [0.5, 0.6) is 0 Å². The quantitative estimate of drug-likeness (QED) is 0.411. The molecular weight excluding hydrogens is 474 g/mol. The van der Waals surface area contributed by atoms with Gasteiger partial charge >= 0.3 is 11.9 Å². The number of aliphatic carboxylic acids is 1. The number of carboxylic acid groups (broad SMARTS) is 1. The molecule has 0 amide bonds. The minimum Gasteiger partial charge on any atom is -0.480 e. The molecular formula is C27H37N5O5. The van der Waals surface area contributed by atoms with Gasteiger partial charge in [-0.05, 0) is 80.9 Å². The van der Waals surface area contributed by atoms with Crippen LogP contribution >= 0.6 is 0 Å². The van der Waals surface area contributed by atoms with Crippen LogP contribution in [0, 0.1) is 11.8 Å². The maximum atomic E-state index is 13.2. The molecule has 0 aromatic carbocycles. The van der Waals surface area contributed by atoms with Crippen molar-refractivity contribution in [1.82, 2.24) is 19.8 Å². The second kappa shape index (κ2) is 11.2. The molecule has 0 spiro atoms. The zero-order valence-corrected chi connectivity index (χ0v) is 21.4. The van der Waals surface area contributed by atoms with Crippen molar-refractivity contribution in [2.24, 2.45) is 18.9 Å². The zero-order chi connectivity index (χ0) is 25.9. The number of aliphatic hydroxyl groups excluding tert-OH is 1. The van der Waals surface area contributed by atoms with Crippen LogP contribution in [-0.2, 0) is 47.2 Å². The molecule has 3 aliphatic rings. The molecule has 0 unspecified atom stereocenters. The van der Waals surface area contributed by atoms with Crippen molar-refractivity contribution in [2.45, 2.75) is 76.3 Å². The Kier molecular flexibility index (Phi) is 7.76. The predicted octanol–water partition coefficient (Wildman–Crippen LogP) is 2.29. The van der Waals surface area contributed by atoms with Crippen LogP contribution in [0.15, 0.2) is 18.3 Å². The van der Waals surface area contributed by atoms with Crippen LogP contribution in [0.25, 0.3) is 0 Å². The van der Waals surface area contributed by atoms with Gasteiger partial charge in [-0.25, -0.2) is 4.98 Å². The fraction of sp³-hybridized carbons (Fsp3) is 0.630. The molecule has 2 aliphatic carbocycles. The summed E-state index contributed by atoms with van der Waals surface area (Å²) in [6.07, 6.45) is 9.31. The molecule has 2 atom stereocenters. The maximum absolute atomic E-state index is 13.2. The molecule has 10 heteroatoms. The molecule has 0 bridgehead atoms. The van der Waals surface area contributed by atoms with Crippen LogP contribution in [0.1, 0.15) is 61.0 Å². The number of rotatable bonds is 10. The number of nitrogens with zero attached hydrogens (tertiary/aromatic N) is 4. The van der Waals surface area contributed by atoms with Crippen molar-refractivity contribution in [1.29, 1.82) is 0 Å². The average Bonchev–Trinajstić information content (AvgIpc) is 3.25. The number of pyridine rings is 1. The normalized spacial score (nSPS) is 23.4. The van der Waals surface area contributed by atoms with Gasteiger partial charge in [-0.15, -0.1) is 5.06 Å². The minimum absolute atomic E-state index is 0.00632. The SMILES string of the molecule is Cn1ncc2c1C[C@H](C(=O)ON(C1CC(CCc3ccc4c(n3)NCCC4)C1)[C@@H](CCO)C(=O)O)CC2. The van der Waals surface area contributed by atoms with Gasteiger partial charge in [-0.1, -0.05) is 6.07 Å². The minimum atomic E-state index is -1.09. The standard InChI is InChI=1S/C27H37N5O5/c1-31-24-15-19(5-6-20(24)16-29-31)27(36)37-32(23(10-12-33)26(34)35)22-13-17(14-22)4-8-21-9-7-18-3-2-11-28-25(18)30-21/h7,9,16-17,19,22-23,33H,2-6,8,10-15H2,1H3,(H,28,30)(H,34,35)/t17?,19-,22?,23+/m1/s1. The summed E-state index contributed by atoms with van der Waals surface area (Å²) in [4.78, 5) is 35.8. The van der Waals surface area contributed by atoms with E-state index in [0.717, 1.165) is 74.3 Å². The van der Waals surface area contributed by atoms with Gasteiger partial charge in [0.2, 0.25) is 0 Å². The van der Waals surface area contributed by atoms with Gasteiger partial charge in [0.25, 0.3) is 0 Å². The molecule has 37 heavy (non-hydrogen) atoms. The van der Waals surface area contributed by atoms with E-state index >= 15 is 0 Å². The number of hydrogen-bond acceptors (Lipinski definition) is 8. The Morgan fingerprint density at radius 1 is 1.27 bits per heavy atom. The van der Waals surface area contributed by atoms with E-state index in [-0.39, 0.29) is 25.0 Å². The first-order chi connectivity index (χ1) is 17.9. The van der Waals surface area contributed by atoms with Gasteiger partial charge in [0.05, 0.1) is 12.1 Å². The van der Waals surface area contributed by atoms with Crippen molar-refractivity contribution in [3.63, 3.8) is 0 Å². The highest BCUT2D eigenvalue weighted by molar-refractivity contribution is 5.75. The number of aryl methyl sites for hydroxylation is 4. The number of anilines is 1. The third-order valence-electron chi connectivity index (χ3n) is 8.20. The lowest BCUT2D eigenvalue weighted by atomic mass is 9.76. The van der Waals surface area contributed by atoms with Crippen molar-refractivity contribution in [3.8, 4) is 0 Å². The molecule has 1 fully saturated rings. The Balaban J connectivity index is 1.19. The van der Waals surface area contributed by atoms with Gasteiger partial charge in [-0.2, -0.15) is 5.10 Å². The van der Waals surface area contributed by atoms with E-state index in [1.807, 2.05) is 13.2 Å². The van der Waals surface area contributed by atoms with Crippen LogP contribution in [0.2, 0.25) is 0 Å². The van der Waals surface area contributed by atoms with Crippen LogP contribution in [0.3, 0.4) is 0 Å². The number of aliphatic hydroxyl groups is 1. The number of aromatic nitrogens is 3. The Labute approximate surface area is 217 Å². The summed E-state index contributed by atoms with van der Waals surface area (Å²) in [7, 11) is 1.87. The van der Waals surface area contributed by atoms with E-state index in [0.29, 0.717) is 18.8 Å². The molecule has 0 radical (unpaired) electrons. The first-order valence-corrected chi connectivity index (χ1v) is 13.5. The summed E-state index contributed by atoms with van der Waals surface area (Å²) in [5, 5.41) is 28.4. The molecule has 2 aromatic heterocycles. The second-order valence-corrected chi connectivity index (χ2v) is 10.7. The lowest BCUT2D eigenvalue weighted by molar-refractivity contribution is -0.237. The molecule has 2 aromatic rings. The largest absolute Gasteiger partial charge is 0.480 e. The van der Waals surface area contributed by atoms with Gasteiger partial charge < -0.3 is 20.4 Å². The van der Waals surface area contributed by atoms with Crippen molar-refractivity contribution >= 4 is 17.8 Å². The van der Waals surface area contributed by atoms with Crippen molar-refractivity contribution in [2.75, 3.05) is 18.5 Å². The van der Waals surface area contributed by atoms with Gasteiger partial charge in [0.1, 0.15) is 11.9 Å². The zero-order valence-electron chi connectivity index (χ0n) is 21.4. The van der Waals surface area contributed by atoms with Crippen molar-refractivity contribution in [3.05, 3.63) is 40.8 Å². The molecule has 3 heterocycles. The summed E-state index contributed by atoms with van der Waals surface area (Å²) in [5.41, 5.74) is 4.52. The molecule has 0 saturated heterocycles. The summed E-state index contributed by atoms with van der Waals surface area (Å²) in [5.74, 6) is -0.415. The number of nitrogens with one attached hydrogen (secondary N) is 1. The third-order valence-corrected chi connectivity index (χ3v) is 8.20. The molecule has 3 N–H and O–H groups in total. The highest BCUT2D eigenvalue weighted by Gasteiger charge is 2.43. The predicted molar refractivity (Wildman–Crippen MR) is 136 cm³/mol. The molecule has 5 rings (SSSR count). The fourth-order valence-corrected chi connectivity index (χ4v) is 5.90. The molecule has 10 nitrogen and oxygen atoms in total. The van der Waals surface area contributed by atoms with E-state index in [1.165, 1.54) is 10.6 Å². The third kappa shape index (κ3) is 5.65. The van der Waals surface area contributed by atoms with E-state index < -0.39 is 18.0 Å². The van der Waals surface area contributed by atoms with E-state index in [9.17, 15) is 19.8 Å². The molecule has 1 aliphatic heterocycles. The number of carboxylic acids is 1.